The van der Waals surface area contributed by atoms with E-state index in [2.05, 4.69) is 11.0 Å². The lowest BCUT2D eigenvalue weighted by atomic mass is 10.2. The third-order valence-corrected chi connectivity index (χ3v) is 2.52. The fraction of sp³-hybridized carbons (Fsp3) is 0.364. The first-order valence-electron chi connectivity index (χ1n) is 4.72. The van der Waals surface area contributed by atoms with E-state index in [-0.39, 0.29) is 5.91 Å². The molecule has 0 aliphatic carbocycles. The summed E-state index contributed by atoms with van der Waals surface area (Å²) < 4.78 is 0. The monoisotopic (exact) mass is 189 g/mol. The minimum atomic E-state index is 0.184. The van der Waals surface area contributed by atoms with Gasteiger partial charge in [0.1, 0.15) is 0 Å². The van der Waals surface area contributed by atoms with Crippen LogP contribution in [0.1, 0.15) is 0 Å². The number of carbonyl (C=O) groups excluding carboxylic acids is 1. The molecule has 14 heavy (non-hydrogen) atoms. The van der Waals surface area contributed by atoms with Crippen LogP contribution in [0.4, 0.5) is 5.69 Å². The van der Waals surface area contributed by atoms with Gasteiger partial charge in [0.05, 0.1) is 6.54 Å². The van der Waals surface area contributed by atoms with Gasteiger partial charge in [0.2, 0.25) is 5.91 Å². The molecule has 2 rings (SSSR count). The SMILES string of the molecule is CN1CCN(c2cc[c]cc2)CC1=O. The Morgan fingerprint density at radius 3 is 2.64 bits per heavy atom. The number of benzene rings is 1. The Hall–Kier alpha value is -1.51. The van der Waals surface area contributed by atoms with Crippen molar-refractivity contribution >= 4 is 11.6 Å². The lowest BCUT2D eigenvalue weighted by Crippen LogP contribution is -2.48. The largest absolute Gasteiger partial charge is 0.360 e. The molecule has 1 aromatic carbocycles. The maximum Gasteiger partial charge on any atom is 0.241 e. The molecule has 0 atom stereocenters. The molecule has 0 saturated carbocycles. The molecule has 0 spiro atoms. The number of amides is 1. The number of piperazine rings is 1. The highest BCUT2D eigenvalue weighted by molar-refractivity contribution is 5.82. The highest BCUT2D eigenvalue weighted by atomic mass is 16.2. The molecule has 1 heterocycles. The zero-order chi connectivity index (χ0) is 9.97. The van der Waals surface area contributed by atoms with Gasteiger partial charge in [-0.3, -0.25) is 4.79 Å². The van der Waals surface area contributed by atoms with Gasteiger partial charge in [0.25, 0.3) is 0 Å². The summed E-state index contributed by atoms with van der Waals surface area (Å²) in [6.07, 6.45) is 0. The second-order valence-corrected chi connectivity index (χ2v) is 3.50. The van der Waals surface area contributed by atoms with Crippen LogP contribution in [0.25, 0.3) is 0 Å². The Labute approximate surface area is 83.9 Å². The van der Waals surface area contributed by atoms with E-state index in [0.717, 1.165) is 18.8 Å². The minimum absolute atomic E-state index is 0.184. The van der Waals surface area contributed by atoms with Crippen LogP contribution in [-0.4, -0.2) is 37.5 Å². The molecule has 1 aromatic rings. The van der Waals surface area contributed by atoms with E-state index in [4.69, 9.17) is 0 Å². The molecule has 1 fully saturated rings. The first kappa shape index (κ1) is 9.06. The zero-order valence-electron chi connectivity index (χ0n) is 8.23. The van der Waals surface area contributed by atoms with Gasteiger partial charge in [-0.05, 0) is 18.2 Å². The summed E-state index contributed by atoms with van der Waals surface area (Å²) in [5, 5.41) is 0. The topological polar surface area (TPSA) is 23.6 Å². The molecular weight excluding hydrogens is 176 g/mol. The van der Waals surface area contributed by atoms with Crippen LogP contribution in [0.2, 0.25) is 0 Å². The van der Waals surface area contributed by atoms with Gasteiger partial charge in [0.15, 0.2) is 0 Å². The van der Waals surface area contributed by atoms with E-state index in [1.54, 1.807) is 4.90 Å². The fourth-order valence-corrected chi connectivity index (χ4v) is 1.57. The molecule has 1 radical (unpaired) electrons. The van der Waals surface area contributed by atoms with E-state index in [0.29, 0.717) is 6.54 Å². The number of hydrogen-bond acceptors (Lipinski definition) is 2. The van der Waals surface area contributed by atoms with Crippen LogP contribution in [0.5, 0.6) is 0 Å². The van der Waals surface area contributed by atoms with Crippen LogP contribution in [0, 0.1) is 6.07 Å². The highest BCUT2D eigenvalue weighted by Gasteiger charge is 2.20. The van der Waals surface area contributed by atoms with E-state index in [1.807, 2.05) is 31.3 Å². The first-order chi connectivity index (χ1) is 6.77. The maximum atomic E-state index is 11.5. The molecule has 1 saturated heterocycles. The Balaban J connectivity index is 2.11. The maximum absolute atomic E-state index is 11.5. The van der Waals surface area contributed by atoms with Crippen molar-refractivity contribution in [2.24, 2.45) is 0 Å². The summed E-state index contributed by atoms with van der Waals surface area (Å²) in [6, 6.07) is 10.7. The van der Waals surface area contributed by atoms with Crippen molar-refractivity contribution in [1.29, 1.82) is 0 Å². The molecule has 0 bridgehead atoms. The smallest absolute Gasteiger partial charge is 0.241 e. The van der Waals surface area contributed by atoms with Gasteiger partial charge >= 0.3 is 0 Å². The second-order valence-electron chi connectivity index (χ2n) is 3.50. The van der Waals surface area contributed by atoms with Gasteiger partial charge in [-0.15, -0.1) is 0 Å². The molecule has 1 aliphatic rings. The summed E-state index contributed by atoms with van der Waals surface area (Å²) in [7, 11) is 1.85. The van der Waals surface area contributed by atoms with Crippen molar-refractivity contribution in [2.45, 2.75) is 0 Å². The van der Waals surface area contributed by atoms with Crippen molar-refractivity contribution in [3.63, 3.8) is 0 Å². The van der Waals surface area contributed by atoms with E-state index < -0.39 is 0 Å². The van der Waals surface area contributed by atoms with Crippen LogP contribution < -0.4 is 4.90 Å². The van der Waals surface area contributed by atoms with E-state index >= 15 is 0 Å². The molecule has 3 heteroatoms. The Kier molecular flexibility index (Phi) is 2.39. The van der Waals surface area contributed by atoms with Gasteiger partial charge in [-0.1, -0.05) is 12.1 Å². The average Bonchev–Trinajstić information content (AvgIpc) is 2.23. The van der Waals surface area contributed by atoms with E-state index in [1.165, 1.54) is 0 Å². The fourth-order valence-electron chi connectivity index (χ4n) is 1.57. The number of likely N-dealkylation sites (N-methyl/N-ethyl adjacent to an activating group) is 1. The summed E-state index contributed by atoms with van der Waals surface area (Å²) >= 11 is 0. The zero-order valence-corrected chi connectivity index (χ0v) is 8.23. The van der Waals surface area contributed by atoms with Crippen LogP contribution in [0.15, 0.2) is 24.3 Å². The van der Waals surface area contributed by atoms with Gasteiger partial charge in [0, 0.05) is 25.8 Å². The van der Waals surface area contributed by atoms with Crippen LogP contribution >= 0.6 is 0 Å². The summed E-state index contributed by atoms with van der Waals surface area (Å²) in [5.41, 5.74) is 1.10. The number of nitrogens with zero attached hydrogens (tertiary/aromatic N) is 2. The number of hydrogen-bond donors (Lipinski definition) is 0. The third kappa shape index (κ3) is 1.71. The number of anilines is 1. The van der Waals surface area contributed by atoms with Crippen LogP contribution in [-0.2, 0) is 4.79 Å². The van der Waals surface area contributed by atoms with Crippen molar-refractivity contribution in [3.05, 3.63) is 30.3 Å². The van der Waals surface area contributed by atoms with Gasteiger partial charge in [-0.25, -0.2) is 0 Å². The van der Waals surface area contributed by atoms with Gasteiger partial charge < -0.3 is 9.80 Å². The molecule has 1 amide bonds. The average molecular weight is 189 g/mol. The second kappa shape index (κ2) is 3.70. The lowest BCUT2D eigenvalue weighted by molar-refractivity contribution is -0.129. The third-order valence-electron chi connectivity index (χ3n) is 2.52. The van der Waals surface area contributed by atoms with Crippen molar-refractivity contribution in [1.82, 2.24) is 4.90 Å². The molecular formula is C11H13N2O. The minimum Gasteiger partial charge on any atom is -0.360 e. The highest BCUT2D eigenvalue weighted by Crippen LogP contribution is 2.14. The van der Waals surface area contributed by atoms with Crippen molar-refractivity contribution in [3.8, 4) is 0 Å². The van der Waals surface area contributed by atoms with Crippen molar-refractivity contribution < 1.29 is 4.79 Å². The molecule has 0 unspecified atom stereocenters. The van der Waals surface area contributed by atoms with E-state index in [9.17, 15) is 4.79 Å². The lowest BCUT2D eigenvalue weighted by Gasteiger charge is -2.33. The predicted molar refractivity (Wildman–Crippen MR) is 55.1 cm³/mol. The summed E-state index contributed by atoms with van der Waals surface area (Å²) in [5.74, 6) is 0.184. The standard InChI is InChI=1S/C11H13N2O/c1-12-7-8-13(9-11(12)14)10-5-3-2-4-6-10/h3-6H,7-9H2,1H3. The Bertz CT molecular complexity index is 323. The molecule has 1 aliphatic heterocycles. The number of carbonyl (C=O) groups is 1. The predicted octanol–water partition coefficient (Wildman–Crippen LogP) is 0.765. The number of rotatable bonds is 1. The van der Waals surface area contributed by atoms with Crippen molar-refractivity contribution in [2.75, 3.05) is 31.6 Å². The molecule has 3 nitrogen and oxygen atoms in total. The Morgan fingerprint density at radius 1 is 1.29 bits per heavy atom. The molecule has 73 valence electrons. The summed E-state index contributed by atoms with van der Waals surface area (Å²) in [6.45, 7) is 2.20. The normalized spacial score (nSPS) is 17.4. The summed E-state index contributed by atoms with van der Waals surface area (Å²) in [4.78, 5) is 15.3. The molecule has 0 aromatic heterocycles. The Morgan fingerprint density at radius 2 is 2.00 bits per heavy atom. The van der Waals surface area contributed by atoms with Crippen LogP contribution in [0.3, 0.4) is 0 Å². The molecule has 0 N–H and O–H groups in total. The quantitative estimate of drug-likeness (QED) is 0.651. The van der Waals surface area contributed by atoms with Gasteiger partial charge in [-0.2, -0.15) is 0 Å². The first-order valence-corrected chi connectivity index (χ1v) is 4.72.